The van der Waals surface area contributed by atoms with E-state index >= 15 is 0 Å². The Morgan fingerprint density at radius 1 is 1.00 bits per heavy atom. The molecule has 0 aliphatic rings. The maximum atomic E-state index is 13.6. The van der Waals surface area contributed by atoms with E-state index in [1.165, 1.54) is 24.3 Å². The second kappa shape index (κ2) is 9.48. The van der Waals surface area contributed by atoms with Gasteiger partial charge >= 0.3 is 5.97 Å². The van der Waals surface area contributed by atoms with Gasteiger partial charge < -0.3 is 9.30 Å². The molecule has 0 radical (unpaired) electrons. The second-order valence-electron chi connectivity index (χ2n) is 7.57. The Kier molecular flexibility index (Phi) is 6.93. The molecule has 0 aliphatic heterocycles. The molecule has 3 rings (SSSR count). The summed E-state index contributed by atoms with van der Waals surface area (Å²) in [6, 6.07) is 14.0. The van der Waals surface area contributed by atoms with Crippen LogP contribution in [-0.4, -0.2) is 37.1 Å². The maximum absolute atomic E-state index is 13.6. The van der Waals surface area contributed by atoms with Crippen LogP contribution in [0.2, 0.25) is 0 Å². The highest BCUT2D eigenvalue weighted by Gasteiger charge is 2.20. The van der Waals surface area contributed by atoms with Crippen LogP contribution in [0.3, 0.4) is 0 Å². The summed E-state index contributed by atoms with van der Waals surface area (Å²) in [5, 5.41) is 0. The summed E-state index contributed by atoms with van der Waals surface area (Å²) in [5.41, 5.74) is 3.19. The molecule has 0 aliphatic carbocycles. The summed E-state index contributed by atoms with van der Waals surface area (Å²) in [7, 11) is -3.63. The molecule has 0 N–H and O–H groups in total. The minimum Gasteiger partial charge on any atom is -0.457 e. The van der Waals surface area contributed by atoms with Gasteiger partial charge in [-0.2, -0.15) is 0 Å². The van der Waals surface area contributed by atoms with E-state index in [9.17, 15) is 22.4 Å². The van der Waals surface area contributed by atoms with Crippen molar-refractivity contribution in [3.05, 3.63) is 82.9 Å². The number of aromatic nitrogens is 1. The number of carbonyl (C=O) groups is 2. The van der Waals surface area contributed by atoms with Gasteiger partial charge in [-0.3, -0.25) is 9.59 Å². The van der Waals surface area contributed by atoms with Crippen molar-refractivity contribution in [1.29, 1.82) is 0 Å². The second-order valence-corrected chi connectivity index (χ2v) is 9.68. The van der Waals surface area contributed by atoms with E-state index in [2.05, 4.69) is 0 Å². The molecule has 32 heavy (non-hydrogen) atoms. The molecule has 0 spiro atoms. The zero-order valence-electron chi connectivity index (χ0n) is 18.1. The van der Waals surface area contributed by atoms with Crippen molar-refractivity contribution < 1.29 is 27.1 Å². The highest BCUT2D eigenvalue weighted by atomic mass is 32.2. The van der Waals surface area contributed by atoms with Crippen LogP contribution in [0.5, 0.6) is 0 Å². The van der Waals surface area contributed by atoms with Crippen molar-refractivity contribution in [2.45, 2.75) is 32.1 Å². The Balaban J connectivity index is 1.62. The average molecular weight is 458 g/mol. The first-order valence-electron chi connectivity index (χ1n) is 10.0. The fourth-order valence-electron chi connectivity index (χ4n) is 3.43. The van der Waals surface area contributed by atoms with E-state index in [-0.39, 0.29) is 11.3 Å². The van der Waals surface area contributed by atoms with Crippen molar-refractivity contribution in [3.8, 4) is 5.69 Å². The van der Waals surface area contributed by atoms with E-state index in [0.29, 0.717) is 16.9 Å². The Morgan fingerprint density at radius 3 is 2.34 bits per heavy atom. The lowest BCUT2D eigenvalue weighted by molar-refractivity contribution is -0.142. The lowest BCUT2D eigenvalue weighted by Gasteiger charge is -2.10. The molecule has 0 amide bonds. The first kappa shape index (κ1) is 23.4. The summed E-state index contributed by atoms with van der Waals surface area (Å²) in [6.07, 6.45) is -0.355. The van der Waals surface area contributed by atoms with Gasteiger partial charge in [-0.25, -0.2) is 12.8 Å². The largest absolute Gasteiger partial charge is 0.457 e. The fourth-order valence-corrected chi connectivity index (χ4v) is 4.66. The molecule has 0 saturated heterocycles. The number of benzene rings is 2. The molecule has 0 unspecified atom stereocenters. The minimum atomic E-state index is -3.63. The Labute approximate surface area is 186 Å². The van der Waals surface area contributed by atoms with Crippen LogP contribution in [0.25, 0.3) is 5.69 Å². The van der Waals surface area contributed by atoms with Crippen LogP contribution in [0, 0.1) is 26.6 Å². The van der Waals surface area contributed by atoms with Crippen LogP contribution < -0.4 is 0 Å². The summed E-state index contributed by atoms with van der Waals surface area (Å²) in [6.45, 7) is 4.86. The van der Waals surface area contributed by atoms with Gasteiger partial charge in [0.2, 0.25) is 5.78 Å². The van der Waals surface area contributed by atoms with Crippen LogP contribution >= 0.6 is 0 Å². The Morgan fingerprint density at radius 2 is 1.69 bits per heavy atom. The van der Waals surface area contributed by atoms with Crippen LogP contribution in [-0.2, 0) is 19.4 Å². The normalized spacial score (nSPS) is 11.4. The third kappa shape index (κ3) is 5.31. The van der Waals surface area contributed by atoms with Gasteiger partial charge in [-0.1, -0.05) is 23.8 Å². The molecule has 1 heterocycles. The smallest absolute Gasteiger partial charge is 0.307 e. The Bertz CT molecular complexity index is 1260. The molecular formula is C24H24FNO5S. The number of hydrogen-bond acceptors (Lipinski definition) is 5. The number of carbonyl (C=O) groups excluding carboxylic acids is 2. The van der Waals surface area contributed by atoms with Crippen LogP contribution in [0.1, 0.15) is 33.7 Å². The summed E-state index contributed by atoms with van der Waals surface area (Å²) in [4.78, 5) is 24.8. The van der Waals surface area contributed by atoms with E-state index in [0.717, 1.165) is 11.3 Å². The zero-order valence-corrected chi connectivity index (χ0v) is 18.9. The number of hydrogen-bond donors (Lipinski definition) is 0. The molecule has 1 aromatic heterocycles. The fraction of sp³-hybridized carbons (Fsp3) is 0.250. The highest BCUT2D eigenvalue weighted by molar-refractivity contribution is 7.91. The first-order chi connectivity index (χ1) is 15.1. The lowest BCUT2D eigenvalue weighted by Crippen LogP contribution is -2.18. The first-order valence-corrected chi connectivity index (χ1v) is 11.7. The highest BCUT2D eigenvalue weighted by Crippen LogP contribution is 2.22. The van der Waals surface area contributed by atoms with E-state index in [1.807, 2.05) is 6.92 Å². The van der Waals surface area contributed by atoms with Crippen LogP contribution in [0.15, 0.2) is 59.5 Å². The van der Waals surface area contributed by atoms with Crippen molar-refractivity contribution >= 4 is 21.6 Å². The molecule has 3 aromatic rings. The summed E-state index contributed by atoms with van der Waals surface area (Å²) in [5.74, 6) is -1.99. The number of aryl methyl sites for hydroxylation is 2. The number of ether oxygens (including phenoxy) is 1. The SMILES string of the molecule is Cc1ccc(S(=O)(=O)CCC(=O)OCC(=O)c2cc(C)n(-c3cccc(F)c3)c2C)cc1. The van der Waals surface area contributed by atoms with E-state index in [4.69, 9.17) is 4.74 Å². The standard InChI is InChI=1S/C24H24FNO5S/c1-16-7-9-21(10-8-16)32(29,30)12-11-24(28)31-15-23(27)22-13-17(2)26(18(22)3)20-6-4-5-19(25)14-20/h4-10,13-14H,11-12,15H2,1-3H3. The summed E-state index contributed by atoms with van der Waals surface area (Å²) >= 11 is 0. The minimum absolute atomic E-state index is 0.136. The average Bonchev–Trinajstić information content (AvgIpc) is 3.05. The van der Waals surface area contributed by atoms with Gasteiger partial charge in [0.25, 0.3) is 0 Å². The number of Topliss-reactive ketones (excluding diaryl/α,β-unsaturated/α-hetero) is 1. The number of nitrogens with zero attached hydrogens (tertiary/aromatic N) is 1. The van der Waals surface area contributed by atoms with Gasteiger partial charge in [0.1, 0.15) is 5.82 Å². The molecule has 168 valence electrons. The van der Waals surface area contributed by atoms with Gasteiger partial charge in [-0.15, -0.1) is 0 Å². The molecule has 0 bridgehead atoms. The van der Waals surface area contributed by atoms with Crippen LogP contribution in [0.4, 0.5) is 4.39 Å². The quantitative estimate of drug-likeness (QED) is 0.375. The van der Waals surface area contributed by atoms with Crippen molar-refractivity contribution in [1.82, 2.24) is 4.57 Å². The van der Waals surface area contributed by atoms with Gasteiger partial charge in [0.15, 0.2) is 16.4 Å². The molecule has 2 aromatic carbocycles. The van der Waals surface area contributed by atoms with Crippen molar-refractivity contribution in [2.24, 2.45) is 0 Å². The topological polar surface area (TPSA) is 82.4 Å². The third-order valence-corrected chi connectivity index (χ3v) is 6.85. The zero-order chi connectivity index (χ0) is 23.5. The molecular weight excluding hydrogens is 433 g/mol. The lowest BCUT2D eigenvalue weighted by atomic mass is 10.1. The summed E-state index contributed by atoms with van der Waals surface area (Å²) < 4.78 is 45.0. The third-order valence-electron chi connectivity index (χ3n) is 5.12. The molecule has 8 heteroatoms. The number of ketones is 1. The van der Waals surface area contributed by atoms with E-state index < -0.39 is 39.8 Å². The molecule has 0 fully saturated rings. The monoisotopic (exact) mass is 457 g/mol. The van der Waals surface area contributed by atoms with E-state index in [1.54, 1.807) is 48.7 Å². The molecule has 0 atom stereocenters. The van der Waals surface area contributed by atoms with Gasteiger partial charge in [0.05, 0.1) is 17.1 Å². The number of sulfone groups is 1. The van der Waals surface area contributed by atoms with Gasteiger partial charge in [-0.05, 0) is 57.2 Å². The number of rotatable bonds is 8. The Hall–Kier alpha value is -3.26. The van der Waals surface area contributed by atoms with Gasteiger partial charge in [0, 0.05) is 22.6 Å². The maximum Gasteiger partial charge on any atom is 0.307 e. The van der Waals surface area contributed by atoms with Crippen molar-refractivity contribution in [3.63, 3.8) is 0 Å². The predicted molar refractivity (Wildman–Crippen MR) is 118 cm³/mol. The molecule has 6 nitrogen and oxygen atoms in total. The van der Waals surface area contributed by atoms with Crippen molar-refractivity contribution in [2.75, 3.05) is 12.4 Å². The predicted octanol–water partition coefficient (Wildman–Crippen LogP) is 4.13. The number of esters is 1. The molecule has 0 saturated carbocycles. The number of halogens is 1.